The lowest BCUT2D eigenvalue weighted by molar-refractivity contribution is 0.0742. The van der Waals surface area contributed by atoms with Crippen LogP contribution in [0.25, 0.3) is 0 Å². The predicted molar refractivity (Wildman–Crippen MR) is 189 cm³/mol. The van der Waals surface area contributed by atoms with Gasteiger partial charge in [-0.3, -0.25) is 13.9 Å². The first-order chi connectivity index (χ1) is 23.7. The monoisotopic (exact) mass is 708 g/mol. The Morgan fingerprint density at radius 1 is 0.880 bits per heavy atom. The summed E-state index contributed by atoms with van der Waals surface area (Å²) in [5.41, 5.74) is 1.99. The van der Waals surface area contributed by atoms with Crippen LogP contribution in [0.2, 0.25) is 0 Å². The van der Waals surface area contributed by atoms with Crippen molar-refractivity contribution in [3.63, 3.8) is 0 Å². The fraction of sp³-hybridized carbons (Fsp3) is 0.297. The number of hydrogen-bond donors (Lipinski definition) is 3. The lowest BCUT2D eigenvalue weighted by Crippen LogP contribution is -2.48. The SMILES string of the molecule is COc1cccc(CNC[C@@H](O)[C@H](Cc2cc(F)cc(F)c2)NC(=O)c2cc(C(=O)N(C)[C@H](C)c3ccccc3)cc(N(C)S(C)(=O)=O)c2)c1. The highest BCUT2D eigenvalue weighted by Gasteiger charge is 2.26. The number of methoxy groups -OCH3 is 1. The summed E-state index contributed by atoms with van der Waals surface area (Å²) in [5, 5.41) is 17.2. The molecule has 13 heteroatoms. The summed E-state index contributed by atoms with van der Waals surface area (Å²) in [5.74, 6) is -2.18. The van der Waals surface area contributed by atoms with E-state index in [9.17, 15) is 31.9 Å². The number of carbonyl (C=O) groups excluding carboxylic acids is 2. The summed E-state index contributed by atoms with van der Waals surface area (Å²) in [4.78, 5) is 29.1. The molecule has 0 saturated carbocycles. The second-order valence-electron chi connectivity index (χ2n) is 12.1. The van der Waals surface area contributed by atoms with E-state index in [-0.39, 0.29) is 41.4 Å². The number of nitrogens with zero attached hydrogens (tertiary/aromatic N) is 2. The Bertz CT molecular complexity index is 1890. The minimum absolute atomic E-state index is 0.0112. The van der Waals surface area contributed by atoms with Crippen LogP contribution < -0.4 is 19.7 Å². The first kappa shape index (κ1) is 38.0. The fourth-order valence-corrected chi connectivity index (χ4v) is 5.87. The molecule has 0 aromatic heterocycles. The van der Waals surface area contributed by atoms with E-state index in [1.54, 1.807) is 20.2 Å². The Hall–Kier alpha value is -4.85. The number of halogens is 2. The van der Waals surface area contributed by atoms with Gasteiger partial charge < -0.3 is 25.4 Å². The van der Waals surface area contributed by atoms with Gasteiger partial charge in [-0.15, -0.1) is 0 Å². The molecule has 0 saturated heterocycles. The molecular formula is C37H42F2N4O6S. The topological polar surface area (TPSA) is 128 Å². The number of sulfonamides is 1. The van der Waals surface area contributed by atoms with Gasteiger partial charge >= 0.3 is 0 Å². The average Bonchev–Trinajstić information content (AvgIpc) is 3.09. The van der Waals surface area contributed by atoms with Gasteiger partial charge in [-0.05, 0) is 72.5 Å². The summed E-state index contributed by atoms with van der Waals surface area (Å²) >= 11 is 0. The lowest BCUT2D eigenvalue weighted by atomic mass is 9.99. The van der Waals surface area contributed by atoms with Crippen molar-refractivity contribution in [2.45, 2.75) is 38.1 Å². The van der Waals surface area contributed by atoms with Crippen molar-refractivity contribution in [2.75, 3.05) is 38.3 Å². The molecule has 3 N–H and O–H groups in total. The van der Waals surface area contributed by atoms with Gasteiger partial charge in [0.15, 0.2) is 0 Å². The summed E-state index contributed by atoms with van der Waals surface area (Å²) in [6, 6.07) is 22.2. The molecule has 0 radical (unpaired) electrons. The Kier molecular flexibility index (Phi) is 12.7. The minimum Gasteiger partial charge on any atom is -0.497 e. The van der Waals surface area contributed by atoms with Crippen LogP contribution in [0.5, 0.6) is 5.75 Å². The highest BCUT2D eigenvalue weighted by Crippen LogP contribution is 2.25. The van der Waals surface area contributed by atoms with Crippen molar-refractivity contribution in [1.82, 2.24) is 15.5 Å². The smallest absolute Gasteiger partial charge is 0.254 e. The van der Waals surface area contributed by atoms with Crippen LogP contribution >= 0.6 is 0 Å². The van der Waals surface area contributed by atoms with Crippen molar-refractivity contribution in [3.05, 3.63) is 130 Å². The number of ether oxygens (including phenoxy) is 1. The molecule has 4 rings (SSSR count). The van der Waals surface area contributed by atoms with Gasteiger partial charge in [0, 0.05) is 44.4 Å². The van der Waals surface area contributed by atoms with Crippen molar-refractivity contribution >= 4 is 27.5 Å². The Balaban J connectivity index is 1.64. The number of benzene rings is 4. The van der Waals surface area contributed by atoms with Gasteiger partial charge in [-0.25, -0.2) is 17.2 Å². The highest BCUT2D eigenvalue weighted by molar-refractivity contribution is 7.92. The lowest BCUT2D eigenvalue weighted by Gasteiger charge is -2.27. The largest absolute Gasteiger partial charge is 0.497 e. The third-order valence-corrected chi connectivity index (χ3v) is 9.65. The zero-order valence-electron chi connectivity index (χ0n) is 28.6. The predicted octanol–water partition coefficient (Wildman–Crippen LogP) is 4.69. The minimum atomic E-state index is -3.79. The molecule has 2 amide bonds. The molecule has 0 heterocycles. The van der Waals surface area contributed by atoms with Gasteiger partial charge in [0.05, 0.1) is 37.2 Å². The molecule has 3 atom stereocenters. The Labute approximate surface area is 291 Å². The van der Waals surface area contributed by atoms with Gasteiger partial charge in [0.1, 0.15) is 17.4 Å². The van der Waals surface area contributed by atoms with Crippen LogP contribution in [0.15, 0.2) is 91.0 Å². The Morgan fingerprint density at radius 2 is 1.54 bits per heavy atom. The molecule has 10 nitrogen and oxygen atoms in total. The van der Waals surface area contributed by atoms with Crippen molar-refractivity contribution in [1.29, 1.82) is 0 Å². The zero-order valence-corrected chi connectivity index (χ0v) is 29.4. The molecule has 50 heavy (non-hydrogen) atoms. The fourth-order valence-electron chi connectivity index (χ4n) is 5.38. The molecule has 0 aliphatic carbocycles. The standard InChI is InChI=1S/C37H42F2N4O6S/c1-24(27-11-7-6-8-12-27)42(2)37(46)29-18-28(19-32(20-29)43(3)50(5,47)48)36(45)41-34(17-26-14-30(38)21-31(39)15-26)35(44)23-40-22-25-10-9-13-33(16-25)49-4/h6-16,18-21,24,34-35,40,44H,17,22-23H2,1-5H3,(H,41,45)/t24-,34+,35-/m1/s1. The number of carbonyl (C=O) groups is 2. The van der Waals surface area contributed by atoms with Gasteiger partial charge in [-0.2, -0.15) is 0 Å². The summed E-state index contributed by atoms with van der Waals surface area (Å²) in [7, 11) is 0.666. The van der Waals surface area contributed by atoms with Crippen LogP contribution in [0.4, 0.5) is 14.5 Å². The maximum atomic E-state index is 14.1. The molecule has 0 fully saturated rings. The van der Waals surface area contributed by atoms with Gasteiger partial charge in [-0.1, -0.05) is 42.5 Å². The van der Waals surface area contributed by atoms with Crippen LogP contribution in [-0.2, 0) is 23.0 Å². The van der Waals surface area contributed by atoms with Gasteiger partial charge in [0.2, 0.25) is 10.0 Å². The maximum absolute atomic E-state index is 14.1. The number of anilines is 1. The van der Waals surface area contributed by atoms with Crippen LogP contribution in [0.3, 0.4) is 0 Å². The van der Waals surface area contributed by atoms with Crippen LogP contribution in [0, 0.1) is 11.6 Å². The third kappa shape index (κ3) is 10.1. The second-order valence-corrected chi connectivity index (χ2v) is 14.1. The molecule has 4 aromatic carbocycles. The summed E-state index contributed by atoms with van der Waals surface area (Å²) in [6.45, 7) is 2.18. The zero-order chi connectivity index (χ0) is 36.6. The number of aliphatic hydroxyl groups is 1. The first-order valence-corrected chi connectivity index (χ1v) is 17.7. The molecule has 0 unspecified atom stereocenters. The quantitative estimate of drug-likeness (QED) is 0.164. The van der Waals surface area contributed by atoms with E-state index >= 15 is 0 Å². The number of amides is 2. The van der Waals surface area contributed by atoms with E-state index in [2.05, 4.69) is 10.6 Å². The van der Waals surface area contributed by atoms with E-state index in [1.165, 1.54) is 30.1 Å². The number of aliphatic hydroxyl groups excluding tert-OH is 1. The van der Waals surface area contributed by atoms with Crippen molar-refractivity contribution in [3.8, 4) is 5.75 Å². The molecule has 0 spiro atoms. The molecule has 0 bridgehead atoms. The summed E-state index contributed by atoms with van der Waals surface area (Å²) in [6.07, 6.45) is -0.390. The van der Waals surface area contributed by atoms with Crippen LogP contribution in [0.1, 0.15) is 50.4 Å². The third-order valence-electron chi connectivity index (χ3n) is 8.45. The number of hydrogen-bond acceptors (Lipinski definition) is 7. The number of rotatable bonds is 15. The normalized spacial score (nSPS) is 13.2. The van der Waals surface area contributed by atoms with Crippen molar-refractivity contribution < 1.29 is 36.6 Å². The first-order valence-electron chi connectivity index (χ1n) is 15.8. The number of nitrogens with one attached hydrogen (secondary N) is 2. The average molecular weight is 709 g/mol. The van der Waals surface area contributed by atoms with Crippen LogP contribution in [-0.4, -0.2) is 76.4 Å². The van der Waals surface area contributed by atoms with Gasteiger partial charge in [0.25, 0.3) is 11.8 Å². The molecule has 0 aliphatic heterocycles. The molecule has 266 valence electrons. The summed E-state index contributed by atoms with van der Waals surface area (Å²) < 4.78 is 59.5. The molecule has 0 aliphatic rings. The second kappa shape index (κ2) is 16.7. The van der Waals surface area contributed by atoms with E-state index in [0.717, 1.165) is 39.9 Å². The van der Waals surface area contributed by atoms with E-state index in [0.29, 0.717) is 12.3 Å². The molecule has 4 aromatic rings. The highest BCUT2D eigenvalue weighted by atomic mass is 32.2. The van der Waals surface area contributed by atoms with Crippen molar-refractivity contribution in [2.24, 2.45) is 0 Å². The molecular weight excluding hydrogens is 666 g/mol. The van der Waals surface area contributed by atoms with E-state index in [1.807, 2.05) is 55.5 Å². The Morgan fingerprint density at radius 3 is 2.18 bits per heavy atom. The van der Waals surface area contributed by atoms with E-state index < -0.39 is 45.6 Å². The maximum Gasteiger partial charge on any atom is 0.254 e. The van der Waals surface area contributed by atoms with E-state index in [4.69, 9.17) is 4.74 Å².